The van der Waals surface area contributed by atoms with Gasteiger partial charge >= 0.3 is 0 Å². The quantitative estimate of drug-likeness (QED) is 0.513. The van der Waals surface area contributed by atoms with Gasteiger partial charge in [0.2, 0.25) is 0 Å². The van der Waals surface area contributed by atoms with Gasteiger partial charge in [-0.1, -0.05) is 36.4 Å². The van der Waals surface area contributed by atoms with E-state index < -0.39 is 5.82 Å². The number of carbonyl (C=O) groups is 1. The molecule has 0 amide bonds. The van der Waals surface area contributed by atoms with Crippen molar-refractivity contribution in [1.29, 1.82) is 0 Å². The zero-order chi connectivity index (χ0) is 23.6. The number of fused-ring (bicyclic) bond motifs is 1. The summed E-state index contributed by atoms with van der Waals surface area (Å²) in [6, 6.07) is 8.53. The maximum atomic E-state index is 14.5. The molecule has 7 heteroatoms. The van der Waals surface area contributed by atoms with Gasteiger partial charge < -0.3 is 10.2 Å². The fourth-order valence-corrected chi connectivity index (χ4v) is 4.26. The van der Waals surface area contributed by atoms with E-state index in [1.165, 1.54) is 12.4 Å². The standard InChI is InChI=1S/C26H26ClFN4O/c1-4-19(33)12-18-13-20-23(14-17(18)8-9-26(2)10-11-32(3)15-26)29-16-30-25(20)31-22-7-5-6-21(27)24(22)28/h5-7,13-14,16H,4,10-12,15H2,1-3H3,(H,29,30,31). The van der Waals surface area contributed by atoms with Crippen LogP contribution < -0.4 is 5.32 Å². The molecule has 0 radical (unpaired) electrons. The second-order valence-corrected chi connectivity index (χ2v) is 9.25. The molecule has 1 aliphatic rings. The molecular weight excluding hydrogens is 439 g/mol. The van der Waals surface area contributed by atoms with Crippen molar-refractivity contribution in [1.82, 2.24) is 14.9 Å². The second-order valence-electron chi connectivity index (χ2n) is 8.84. The highest BCUT2D eigenvalue weighted by molar-refractivity contribution is 6.31. The van der Waals surface area contributed by atoms with E-state index in [4.69, 9.17) is 11.6 Å². The molecular formula is C26H26ClFN4O. The topological polar surface area (TPSA) is 58.1 Å². The normalized spacial score (nSPS) is 18.2. The first-order valence-electron chi connectivity index (χ1n) is 11.0. The summed E-state index contributed by atoms with van der Waals surface area (Å²) in [5, 5.41) is 3.73. The maximum absolute atomic E-state index is 14.5. The Balaban J connectivity index is 1.79. The highest BCUT2D eigenvalue weighted by atomic mass is 35.5. The summed E-state index contributed by atoms with van der Waals surface area (Å²) < 4.78 is 14.5. The number of anilines is 2. The average molecular weight is 465 g/mol. The summed E-state index contributed by atoms with van der Waals surface area (Å²) in [5.74, 6) is 6.79. The van der Waals surface area contributed by atoms with Gasteiger partial charge in [-0.2, -0.15) is 0 Å². The van der Waals surface area contributed by atoms with Crippen LogP contribution in [0.2, 0.25) is 5.02 Å². The van der Waals surface area contributed by atoms with Crippen LogP contribution >= 0.6 is 11.6 Å². The van der Waals surface area contributed by atoms with Gasteiger partial charge in [0.25, 0.3) is 0 Å². The highest BCUT2D eigenvalue weighted by Gasteiger charge is 2.30. The Morgan fingerprint density at radius 3 is 2.88 bits per heavy atom. The molecule has 1 atom stereocenters. The number of aromatic nitrogens is 2. The van der Waals surface area contributed by atoms with Crippen LogP contribution in [-0.4, -0.2) is 40.8 Å². The summed E-state index contributed by atoms with van der Waals surface area (Å²) in [4.78, 5) is 23.3. The molecule has 33 heavy (non-hydrogen) atoms. The van der Waals surface area contributed by atoms with Gasteiger partial charge in [0.1, 0.15) is 17.9 Å². The summed E-state index contributed by atoms with van der Waals surface area (Å²) in [6.45, 7) is 5.96. The first kappa shape index (κ1) is 23.2. The predicted molar refractivity (Wildman–Crippen MR) is 130 cm³/mol. The van der Waals surface area contributed by atoms with Crippen molar-refractivity contribution in [2.24, 2.45) is 5.41 Å². The third-order valence-corrected chi connectivity index (χ3v) is 6.30. The second kappa shape index (κ2) is 9.46. The van der Waals surface area contributed by atoms with Crippen molar-refractivity contribution in [2.45, 2.75) is 33.1 Å². The number of hydrogen-bond donors (Lipinski definition) is 1. The number of halogens is 2. The number of hydrogen-bond acceptors (Lipinski definition) is 5. The molecule has 1 unspecified atom stereocenters. The molecule has 0 spiro atoms. The molecule has 3 aromatic rings. The Labute approximate surface area is 198 Å². The smallest absolute Gasteiger partial charge is 0.165 e. The Kier molecular flexibility index (Phi) is 6.64. The van der Waals surface area contributed by atoms with E-state index in [1.54, 1.807) is 12.1 Å². The maximum Gasteiger partial charge on any atom is 0.165 e. The number of nitrogens with one attached hydrogen (secondary N) is 1. The Hall–Kier alpha value is -3.01. The monoisotopic (exact) mass is 464 g/mol. The zero-order valence-corrected chi connectivity index (χ0v) is 19.8. The first-order valence-corrected chi connectivity index (χ1v) is 11.4. The van der Waals surface area contributed by atoms with Crippen LogP contribution in [0.1, 0.15) is 37.8 Å². The van der Waals surface area contributed by atoms with Crippen LogP contribution in [-0.2, 0) is 11.2 Å². The number of likely N-dealkylation sites (tertiary alicyclic amines) is 1. The van der Waals surface area contributed by atoms with Crippen LogP contribution in [0, 0.1) is 23.1 Å². The fourth-order valence-electron chi connectivity index (χ4n) is 4.09. The molecule has 1 fully saturated rings. The fraction of sp³-hybridized carbons (Fsp3) is 0.346. The van der Waals surface area contributed by atoms with Crippen LogP contribution in [0.4, 0.5) is 15.9 Å². The average Bonchev–Trinajstić information content (AvgIpc) is 3.14. The lowest BCUT2D eigenvalue weighted by Gasteiger charge is -2.16. The number of carbonyl (C=O) groups excluding carboxylic acids is 1. The van der Waals surface area contributed by atoms with E-state index in [2.05, 4.69) is 46.0 Å². The summed E-state index contributed by atoms with van der Waals surface area (Å²) in [5.41, 5.74) is 2.41. The molecule has 2 heterocycles. The Bertz CT molecular complexity index is 1280. The Morgan fingerprint density at radius 2 is 2.15 bits per heavy atom. The summed E-state index contributed by atoms with van der Waals surface area (Å²) in [7, 11) is 2.10. The largest absolute Gasteiger partial charge is 0.337 e. The number of nitrogens with zero attached hydrogens (tertiary/aromatic N) is 3. The lowest BCUT2D eigenvalue weighted by molar-refractivity contribution is -0.118. The summed E-state index contributed by atoms with van der Waals surface area (Å²) in [6.07, 6.45) is 3.15. The van der Waals surface area contributed by atoms with Gasteiger partial charge in [0.05, 0.1) is 16.2 Å². The van der Waals surface area contributed by atoms with Gasteiger partial charge in [-0.05, 0) is 56.8 Å². The lowest BCUT2D eigenvalue weighted by Crippen LogP contribution is -2.20. The molecule has 1 N–H and O–H groups in total. The third-order valence-electron chi connectivity index (χ3n) is 6.01. The predicted octanol–water partition coefficient (Wildman–Crippen LogP) is 5.38. The van der Waals surface area contributed by atoms with Gasteiger partial charge in [0, 0.05) is 35.8 Å². The lowest BCUT2D eigenvalue weighted by atomic mass is 9.89. The number of ketones is 1. The minimum Gasteiger partial charge on any atom is -0.337 e. The molecule has 170 valence electrons. The minimum absolute atomic E-state index is 0.0243. The van der Waals surface area contributed by atoms with E-state index >= 15 is 0 Å². The van der Waals surface area contributed by atoms with E-state index in [0.29, 0.717) is 23.1 Å². The molecule has 1 aromatic heterocycles. The van der Waals surface area contributed by atoms with Crippen molar-refractivity contribution in [3.63, 3.8) is 0 Å². The van der Waals surface area contributed by atoms with Crippen molar-refractivity contribution in [3.8, 4) is 11.8 Å². The molecule has 1 aliphatic heterocycles. The van der Waals surface area contributed by atoms with Crippen LogP contribution in [0.25, 0.3) is 10.9 Å². The first-order chi connectivity index (χ1) is 15.8. The SMILES string of the molecule is CCC(=O)Cc1cc2c(Nc3cccc(Cl)c3F)ncnc2cc1C#CC1(C)CCN(C)C1. The van der Waals surface area contributed by atoms with Crippen LogP contribution in [0.3, 0.4) is 0 Å². The molecule has 4 rings (SSSR count). The zero-order valence-electron chi connectivity index (χ0n) is 19.0. The summed E-state index contributed by atoms with van der Waals surface area (Å²) >= 11 is 5.92. The van der Waals surface area contributed by atoms with Crippen LogP contribution in [0.5, 0.6) is 0 Å². The molecule has 0 aliphatic carbocycles. The van der Waals surface area contributed by atoms with Gasteiger partial charge in [0.15, 0.2) is 5.82 Å². The van der Waals surface area contributed by atoms with E-state index in [0.717, 1.165) is 30.6 Å². The molecule has 5 nitrogen and oxygen atoms in total. The van der Waals surface area contributed by atoms with Crippen molar-refractivity contribution in [2.75, 3.05) is 25.5 Å². The minimum atomic E-state index is -0.551. The van der Waals surface area contributed by atoms with Gasteiger partial charge in [-0.15, -0.1) is 0 Å². The third kappa shape index (κ3) is 5.16. The molecule has 1 saturated heterocycles. The van der Waals surface area contributed by atoms with Crippen molar-refractivity contribution < 1.29 is 9.18 Å². The van der Waals surface area contributed by atoms with Crippen molar-refractivity contribution in [3.05, 3.63) is 58.6 Å². The van der Waals surface area contributed by atoms with E-state index in [9.17, 15) is 9.18 Å². The molecule has 0 saturated carbocycles. The number of Topliss-reactive ketones (excluding diaryl/α,β-unsaturated/α-hetero) is 1. The highest BCUT2D eigenvalue weighted by Crippen LogP contribution is 2.31. The van der Waals surface area contributed by atoms with Gasteiger partial charge in [-0.25, -0.2) is 14.4 Å². The van der Waals surface area contributed by atoms with Gasteiger partial charge in [-0.3, -0.25) is 4.79 Å². The van der Waals surface area contributed by atoms with E-state index in [-0.39, 0.29) is 28.3 Å². The molecule has 0 bridgehead atoms. The number of benzene rings is 2. The van der Waals surface area contributed by atoms with Crippen LogP contribution in [0.15, 0.2) is 36.7 Å². The number of rotatable bonds is 5. The van der Waals surface area contributed by atoms with Crippen molar-refractivity contribution >= 4 is 39.8 Å². The van der Waals surface area contributed by atoms with E-state index in [1.807, 2.05) is 19.1 Å². The Morgan fingerprint density at radius 1 is 1.33 bits per heavy atom. The molecule has 2 aromatic carbocycles.